The van der Waals surface area contributed by atoms with Gasteiger partial charge in [0.25, 0.3) is 0 Å². The third-order valence-corrected chi connectivity index (χ3v) is 6.09. The lowest BCUT2D eigenvalue weighted by atomic mass is 9.72. The van der Waals surface area contributed by atoms with Crippen LogP contribution >= 0.6 is 0 Å². The van der Waals surface area contributed by atoms with Crippen LogP contribution in [-0.2, 0) is 18.3 Å². The van der Waals surface area contributed by atoms with Gasteiger partial charge in [0.15, 0.2) is 0 Å². The summed E-state index contributed by atoms with van der Waals surface area (Å²) in [5.74, 6) is 0. The topological polar surface area (TPSA) is 23.5 Å². The molecule has 0 radical (unpaired) electrons. The van der Waals surface area contributed by atoms with Crippen molar-refractivity contribution >= 4 is 0 Å². The van der Waals surface area contributed by atoms with Crippen molar-refractivity contribution in [2.75, 3.05) is 0 Å². The average Bonchev–Trinajstić information content (AvgIpc) is 2.63. The number of halogens is 3. The summed E-state index contributed by atoms with van der Waals surface area (Å²) in [6.45, 7) is 0.828. The summed E-state index contributed by atoms with van der Waals surface area (Å²) < 4.78 is 39.3. The van der Waals surface area contributed by atoms with Gasteiger partial charge in [-0.3, -0.25) is 4.90 Å². The standard InChI is InChI=1S/C22H24F3NO/c23-22(24,25)18-9-4-8-17(12-18)21(27)13-19-10-5-11-20(14-21)26(19)15-16-6-2-1-3-7-16/h1-4,6-9,12,19-20,27H,5,10-11,13-15H2. The Kier molecular flexibility index (Phi) is 4.77. The summed E-state index contributed by atoms with van der Waals surface area (Å²) in [4.78, 5) is 2.45. The molecule has 2 fully saturated rings. The van der Waals surface area contributed by atoms with Crippen LogP contribution in [0.4, 0.5) is 13.2 Å². The first-order valence-electron chi connectivity index (χ1n) is 9.55. The van der Waals surface area contributed by atoms with Gasteiger partial charge < -0.3 is 5.11 Å². The molecule has 0 aromatic heterocycles. The van der Waals surface area contributed by atoms with Gasteiger partial charge in [-0.15, -0.1) is 0 Å². The number of hydrogen-bond donors (Lipinski definition) is 1. The molecule has 2 aliphatic heterocycles. The van der Waals surface area contributed by atoms with E-state index in [-0.39, 0.29) is 12.1 Å². The van der Waals surface area contributed by atoms with Crippen LogP contribution in [0.1, 0.15) is 48.8 Å². The summed E-state index contributed by atoms with van der Waals surface area (Å²) >= 11 is 0. The molecule has 2 heterocycles. The molecule has 2 nitrogen and oxygen atoms in total. The van der Waals surface area contributed by atoms with E-state index in [0.717, 1.165) is 37.9 Å². The predicted molar refractivity (Wildman–Crippen MR) is 98.0 cm³/mol. The zero-order chi connectivity index (χ0) is 19.1. The van der Waals surface area contributed by atoms with Crippen molar-refractivity contribution in [1.82, 2.24) is 4.90 Å². The number of nitrogens with zero attached hydrogens (tertiary/aromatic N) is 1. The predicted octanol–water partition coefficient (Wildman–Crippen LogP) is 5.11. The van der Waals surface area contributed by atoms with E-state index in [1.54, 1.807) is 6.07 Å². The van der Waals surface area contributed by atoms with E-state index in [1.807, 2.05) is 18.2 Å². The van der Waals surface area contributed by atoms with Gasteiger partial charge in [0, 0.05) is 18.6 Å². The minimum Gasteiger partial charge on any atom is -0.385 e. The highest BCUT2D eigenvalue weighted by Gasteiger charge is 2.46. The van der Waals surface area contributed by atoms with Crippen molar-refractivity contribution in [1.29, 1.82) is 0 Å². The van der Waals surface area contributed by atoms with Crippen LogP contribution in [0.5, 0.6) is 0 Å². The van der Waals surface area contributed by atoms with E-state index < -0.39 is 17.3 Å². The molecule has 0 saturated carbocycles. The molecule has 0 amide bonds. The Bertz CT molecular complexity index is 776. The molecule has 4 rings (SSSR count). The van der Waals surface area contributed by atoms with E-state index in [4.69, 9.17) is 0 Å². The zero-order valence-electron chi connectivity index (χ0n) is 15.1. The van der Waals surface area contributed by atoms with Crippen LogP contribution in [-0.4, -0.2) is 22.1 Å². The molecule has 144 valence electrons. The molecule has 2 aromatic carbocycles. The van der Waals surface area contributed by atoms with Crippen molar-refractivity contribution in [3.05, 3.63) is 71.3 Å². The largest absolute Gasteiger partial charge is 0.416 e. The molecule has 0 spiro atoms. The highest BCUT2D eigenvalue weighted by atomic mass is 19.4. The minimum absolute atomic E-state index is 0.192. The van der Waals surface area contributed by atoms with Crippen molar-refractivity contribution < 1.29 is 18.3 Å². The number of benzene rings is 2. The van der Waals surface area contributed by atoms with Crippen molar-refractivity contribution in [2.45, 2.75) is 62.5 Å². The van der Waals surface area contributed by atoms with Crippen molar-refractivity contribution in [3.8, 4) is 0 Å². The summed E-state index contributed by atoms with van der Waals surface area (Å²) in [5, 5.41) is 11.3. The van der Waals surface area contributed by atoms with Crippen molar-refractivity contribution in [3.63, 3.8) is 0 Å². The number of aliphatic hydroxyl groups is 1. The lowest BCUT2D eigenvalue weighted by Crippen LogP contribution is -2.56. The normalized spacial score (nSPS) is 28.9. The number of rotatable bonds is 3. The van der Waals surface area contributed by atoms with Gasteiger partial charge >= 0.3 is 6.18 Å². The first-order valence-corrected chi connectivity index (χ1v) is 9.55. The SMILES string of the molecule is OC1(c2cccc(C(F)(F)F)c2)CC2CCCC(C1)N2Cc1ccccc1. The molecule has 5 heteroatoms. The molecule has 0 aliphatic carbocycles. The summed E-state index contributed by atoms with van der Waals surface area (Å²) in [7, 11) is 0. The molecular weight excluding hydrogens is 351 g/mol. The third kappa shape index (κ3) is 3.76. The fourth-order valence-electron chi connectivity index (χ4n) is 4.79. The first-order chi connectivity index (χ1) is 12.9. The van der Waals surface area contributed by atoms with Crippen LogP contribution in [0.15, 0.2) is 54.6 Å². The van der Waals surface area contributed by atoms with Gasteiger partial charge in [0.05, 0.1) is 11.2 Å². The molecule has 2 aliphatic rings. The van der Waals surface area contributed by atoms with Crippen molar-refractivity contribution in [2.24, 2.45) is 0 Å². The first kappa shape index (κ1) is 18.5. The Morgan fingerprint density at radius 2 is 1.63 bits per heavy atom. The maximum atomic E-state index is 13.1. The molecule has 2 saturated heterocycles. The highest BCUT2D eigenvalue weighted by Crippen LogP contribution is 2.45. The van der Waals surface area contributed by atoms with Gasteiger partial charge in [0.1, 0.15) is 0 Å². The van der Waals surface area contributed by atoms with Gasteiger partial charge in [-0.2, -0.15) is 13.2 Å². The van der Waals surface area contributed by atoms with Crippen LogP contribution in [0, 0.1) is 0 Å². The Morgan fingerprint density at radius 1 is 0.963 bits per heavy atom. The molecule has 2 atom stereocenters. The van der Waals surface area contributed by atoms with Crippen LogP contribution in [0.25, 0.3) is 0 Å². The average molecular weight is 375 g/mol. The fourth-order valence-corrected chi connectivity index (χ4v) is 4.79. The second kappa shape index (κ2) is 6.95. The maximum absolute atomic E-state index is 13.1. The Morgan fingerprint density at radius 3 is 2.26 bits per heavy atom. The van der Waals surface area contributed by atoms with Crippen LogP contribution in [0.3, 0.4) is 0 Å². The lowest BCUT2D eigenvalue weighted by Gasteiger charge is -2.52. The smallest absolute Gasteiger partial charge is 0.385 e. The lowest BCUT2D eigenvalue weighted by molar-refractivity contribution is -0.138. The third-order valence-electron chi connectivity index (χ3n) is 6.09. The van der Waals surface area contributed by atoms with Gasteiger partial charge in [0.2, 0.25) is 0 Å². The van der Waals surface area contributed by atoms with Gasteiger partial charge in [-0.05, 0) is 48.9 Å². The van der Waals surface area contributed by atoms with E-state index in [1.165, 1.54) is 11.6 Å². The monoisotopic (exact) mass is 375 g/mol. The quantitative estimate of drug-likeness (QED) is 0.806. The molecule has 2 unspecified atom stereocenters. The fraction of sp³-hybridized carbons (Fsp3) is 0.455. The summed E-state index contributed by atoms with van der Waals surface area (Å²) in [6.07, 6.45) is -0.361. The minimum atomic E-state index is -4.39. The molecule has 1 N–H and O–H groups in total. The van der Waals surface area contributed by atoms with Gasteiger partial charge in [-0.25, -0.2) is 0 Å². The molecular formula is C22H24F3NO. The molecule has 27 heavy (non-hydrogen) atoms. The number of hydrogen-bond acceptors (Lipinski definition) is 2. The van der Waals surface area contributed by atoms with E-state index >= 15 is 0 Å². The number of fused-ring (bicyclic) bond motifs is 2. The van der Waals surface area contributed by atoms with Crippen LogP contribution in [0.2, 0.25) is 0 Å². The Labute approximate surface area is 157 Å². The van der Waals surface area contributed by atoms with E-state index in [0.29, 0.717) is 18.4 Å². The van der Waals surface area contributed by atoms with E-state index in [9.17, 15) is 18.3 Å². The Balaban J connectivity index is 1.59. The zero-order valence-corrected chi connectivity index (χ0v) is 15.1. The molecule has 2 aromatic rings. The molecule has 2 bridgehead atoms. The number of alkyl halides is 3. The van der Waals surface area contributed by atoms with Crippen LogP contribution < -0.4 is 0 Å². The summed E-state index contributed by atoms with van der Waals surface area (Å²) in [6, 6.07) is 15.9. The number of piperidine rings is 2. The second-order valence-electron chi connectivity index (χ2n) is 7.91. The Hall–Kier alpha value is -1.85. The van der Waals surface area contributed by atoms with E-state index in [2.05, 4.69) is 17.0 Å². The summed E-state index contributed by atoms with van der Waals surface area (Å²) in [5.41, 5.74) is -0.248. The highest BCUT2D eigenvalue weighted by molar-refractivity contribution is 5.31. The maximum Gasteiger partial charge on any atom is 0.416 e. The second-order valence-corrected chi connectivity index (χ2v) is 7.91. The van der Waals surface area contributed by atoms with Gasteiger partial charge in [-0.1, -0.05) is 48.9 Å².